The number of allylic oxidation sites excluding steroid dienone is 1. The van der Waals surface area contributed by atoms with E-state index in [4.69, 9.17) is 0 Å². The van der Waals surface area contributed by atoms with Crippen LogP contribution >= 0.6 is 0 Å². The maximum absolute atomic E-state index is 12.2. The van der Waals surface area contributed by atoms with Crippen molar-refractivity contribution >= 4 is 22.5 Å². The molecule has 0 aliphatic rings. The lowest BCUT2D eigenvalue weighted by atomic mass is 10.1. The fourth-order valence-electron chi connectivity index (χ4n) is 2.44. The molecule has 3 rings (SSSR count). The van der Waals surface area contributed by atoms with Crippen LogP contribution in [0.4, 0.5) is 5.69 Å². The average molecular weight is 319 g/mol. The summed E-state index contributed by atoms with van der Waals surface area (Å²) in [5, 5.41) is 12.7. The van der Waals surface area contributed by atoms with Gasteiger partial charge in [0.25, 0.3) is 11.5 Å². The number of anilines is 1. The topological polar surface area (TPSA) is 104 Å². The summed E-state index contributed by atoms with van der Waals surface area (Å²) in [6.07, 6.45) is 4.65. The SMILES string of the molecule is C=CCn1cc(C#N)c2ccc(NC(=O)c3cc(=O)[nH]cn3)cc21. The molecule has 0 fully saturated rings. The number of nitriles is 1. The normalized spacial score (nSPS) is 10.3. The zero-order chi connectivity index (χ0) is 17.1. The Bertz CT molecular complexity index is 1040. The van der Waals surface area contributed by atoms with Gasteiger partial charge in [-0.05, 0) is 18.2 Å². The zero-order valence-electron chi connectivity index (χ0n) is 12.6. The first-order valence-corrected chi connectivity index (χ1v) is 7.12. The highest BCUT2D eigenvalue weighted by atomic mass is 16.2. The van der Waals surface area contributed by atoms with E-state index in [0.717, 1.165) is 17.0 Å². The van der Waals surface area contributed by atoms with E-state index in [1.54, 1.807) is 30.5 Å². The minimum atomic E-state index is -0.484. The van der Waals surface area contributed by atoms with Gasteiger partial charge in [0.05, 0.1) is 17.4 Å². The molecule has 7 heteroatoms. The van der Waals surface area contributed by atoms with Crippen molar-refractivity contribution in [1.82, 2.24) is 14.5 Å². The highest BCUT2D eigenvalue weighted by Gasteiger charge is 2.11. The van der Waals surface area contributed by atoms with Gasteiger partial charge in [0.15, 0.2) is 0 Å². The van der Waals surface area contributed by atoms with Crippen LogP contribution < -0.4 is 10.9 Å². The molecule has 1 amide bonds. The smallest absolute Gasteiger partial charge is 0.274 e. The molecule has 0 spiro atoms. The summed E-state index contributed by atoms with van der Waals surface area (Å²) >= 11 is 0. The fourth-order valence-corrected chi connectivity index (χ4v) is 2.44. The minimum absolute atomic E-state index is 0.0260. The second kappa shape index (κ2) is 6.22. The quantitative estimate of drug-likeness (QED) is 0.718. The summed E-state index contributed by atoms with van der Waals surface area (Å²) in [6.45, 7) is 4.25. The molecule has 0 aliphatic carbocycles. The van der Waals surface area contributed by atoms with E-state index < -0.39 is 11.5 Å². The number of aromatic nitrogens is 3. The summed E-state index contributed by atoms with van der Waals surface area (Å²) in [4.78, 5) is 29.6. The monoisotopic (exact) mass is 319 g/mol. The number of H-pyrrole nitrogens is 1. The molecule has 0 saturated heterocycles. The number of benzene rings is 1. The lowest BCUT2D eigenvalue weighted by Gasteiger charge is -2.06. The number of amides is 1. The Kier molecular flexibility index (Phi) is 3.95. The average Bonchev–Trinajstić information content (AvgIpc) is 2.92. The lowest BCUT2D eigenvalue weighted by Crippen LogP contribution is -2.17. The summed E-state index contributed by atoms with van der Waals surface area (Å²) in [7, 11) is 0. The first kappa shape index (κ1) is 15.2. The van der Waals surface area contributed by atoms with Crippen molar-refractivity contribution in [3.63, 3.8) is 0 Å². The number of carbonyl (C=O) groups excluding carboxylic acids is 1. The minimum Gasteiger partial charge on any atom is -0.342 e. The van der Waals surface area contributed by atoms with Gasteiger partial charge in [-0.15, -0.1) is 6.58 Å². The van der Waals surface area contributed by atoms with Crippen LogP contribution in [0.3, 0.4) is 0 Å². The molecule has 0 atom stereocenters. The van der Waals surface area contributed by atoms with Crippen molar-refractivity contribution in [2.24, 2.45) is 0 Å². The molecule has 0 aliphatic heterocycles. The van der Waals surface area contributed by atoms with Gasteiger partial charge >= 0.3 is 0 Å². The lowest BCUT2D eigenvalue weighted by molar-refractivity contribution is 0.102. The number of fused-ring (bicyclic) bond motifs is 1. The van der Waals surface area contributed by atoms with Crippen molar-refractivity contribution in [2.75, 3.05) is 5.32 Å². The third kappa shape index (κ3) is 2.80. The molecule has 2 aromatic heterocycles. The van der Waals surface area contributed by atoms with Crippen molar-refractivity contribution in [3.05, 3.63) is 71.1 Å². The Morgan fingerprint density at radius 1 is 1.46 bits per heavy atom. The molecule has 3 aromatic rings. The summed E-state index contributed by atoms with van der Waals surface area (Å²) < 4.78 is 1.88. The van der Waals surface area contributed by atoms with Crippen LogP contribution in [0.1, 0.15) is 16.1 Å². The van der Waals surface area contributed by atoms with E-state index in [-0.39, 0.29) is 5.69 Å². The van der Waals surface area contributed by atoms with Gasteiger partial charge in [-0.2, -0.15) is 5.26 Å². The van der Waals surface area contributed by atoms with E-state index >= 15 is 0 Å². The van der Waals surface area contributed by atoms with Crippen LogP contribution in [0.2, 0.25) is 0 Å². The second-order valence-corrected chi connectivity index (χ2v) is 5.08. The van der Waals surface area contributed by atoms with Crippen LogP contribution in [0.15, 0.2) is 54.2 Å². The molecule has 2 heterocycles. The van der Waals surface area contributed by atoms with Crippen LogP contribution in [0.25, 0.3) is 10.9 Å². The van der Waals surface area contributed by atoms with E-state index in [0.29, 0.717) is 17.8 Å². The molecule has 118 valence electrons. The van der Waals surface area contributed by atoms with Crippen LogP contribution in [0, 0.1) is 11.3 Å². The molecule has 0 bridgehead atoms. The zero-order valence-corrected chi connectivity index (χ0v) is 12.6. The number of aromatic amines is 1. The van der Waals surface area contributed by atoms with Crippen LogP contribution in [-0.4, -0.2) is 20.4 Å². The number of rotatable bonds is 4. The maximum Gasteiger partial charge on any atom is 0.274 e. The van der Waals surface area contributed by atoms with Crippen molar-refractivity contribution in [3.8, 4) is 6.07 Å². The Morgan fingerprint density at radius 3 is 3.00 bits per heavy atom. The van der Waals surface area contributed by atoms with E-state index in [9.17, 15) is 14.9 Å². The first-order valence-electron chi connectivity index (χ1n) is 7.12. The maximum atomic E-state index is 12.2. The Morgan fingerprint density at radius 2 is 2.29 bits per heavy atom. The third-order valence-corrected chi connectivity index (χ3v) is 3.50. The van der Waals surface area contributed by atoms with Crippen molar-refractivity contribution in [1.29, 1.82) is 5.26 Å². The number of nitrogens with one attached hydrogen (secondary N) is 2. The van der Waals surface area contributed by atoms with Gasteiger partial charge in [-0.3, -0.25) is 9.59 Å². The van der Waals surface area contributed by atoms with Crippen molar-refractivity contribution < 1.29 is 4.79 Å². The first-order chi connectivity index (χ1) is 11.6. The summed E-state index contributed by atoms with van der Waals surface area (Å²) in [6, 6.07) is 8.52. The summed E-state index contributed by atoms with van der Waals surface area (Å²) in [5.74, 6) is -0.484. The van der Waals surface area contributed by atoms with Crippen molar-refractivity contribution in [2.45, 2.75) is 6.54 Å². The van der Waals surface area contributed by atoms with Crippen LogP contribution in [-0.2, 0) is 6.54 Å². The standard InChI is InChI=1S/C17H13N5O2/c1-2-5-22-9-11(8-18)13-4-3-12(6-15(13)22)21-17(24)14-7-16(23)20-10-19-14/h2-4,6-7,9-10H,1,5H2,(H,21,24)(H,19,20,23). The number of nitrogens with zero attached hydrogens (tertiary/aromatic N) is 3. The van der Waals surface area contributed by atoms with E-state index in [1.165, 1.54) is 6.33 Å². The third-order valence-electron chi connectivity index (χ3n) is 3.50. The second-order valence-electron chi connectivity index (χ2n) is 5.08. The molecule has 2 N–H and O–H groups in total. The van der Waals surface area contributed by atoms with Gasteiger partial charge in [-0.25, -0.2) is 4.98 Å². The predicted octanol–water partition coefficient (Wildman–Crippen LogP) is 2.03. The highest BCUT2D eigenvalue weighted by Crippen LogP contribution is 2.24. The molecule has 7 nitrogen and oxygen atoms in total. The molecular weight excluding hydrogens is 306 g/mol. The highest BCUT2D eigenvalue weighted by molar-refractivity contribution is 6.04. The number of carbonyl (C=O) groups is 1. The molecule has 0 unspecified atom stereocenters. The van der Waals surface area contributed by atoms with Gasteiger partial charge < -0.3 is 14.9 Å². The summed E-state index contributed by atoms with van der Waals surface area (Å²) in [5.41, 5.74) is 1.54. The fraction of sp³-hybridized carbons (Fsp3) is 0.0588. The molecule has 0 radical (unpaired) electrons. The van der Waals surface area contributed by atoms with E-state index in [2.05, 4.69) is 27.9 Å². The Hall–Kier alpha value is -3.66. The predicted molar refractivity (Wildman–Crippen MR) is 89.7 cm³/mol. The van der Waals surface area contributed by atoms with Gasteiger partial charge in [0, 0.05) is 29.9 Å². The van der Waals surface area contributed by atoms with Gasteiger partial charge in [0.2, 0.25) is 0 Å². The van der Waals surface area contributed by atoms with E-state index in [1.807, 2.05) is 4.57 Å². The van der Waals surface area contributed by atoms with Gasteiger partial charge in [-0.1, -0.05) is 6.08 Å². The van der Waals surface area contributed by atoms with Gasteiger partial charge in [0.1, 0.15) is 11.8 Å². The number of hydrogen-bond acceptors (Lipinski definition) is 4. The van der Waals surface area contributed by atoms with Crippen LogP contribution in [0.5, 0.6) is 0 Å². The molecule has 0 saturated carbocycles. The largest absolute Gasteiger partial charge is 0.342 e. The Labute approximate surface area is 136 Å². The molecule has 24 heavy (non-hydrogen) atoms. The molecular formula is C17H13N5O2. The Balaban J connectivity index is 1.97. The molecule has 1 aromatic carbocycles. The number of hydrogen-bond donors (Lipinski definition) is 2.